The lowest BCUT2D eigenvalue weighted by Crippen LogP contribution is -2.55. The second-order valence-electron chi connectivity index (χ2n) is 6.58. The summed E-state index contributed by atoms with van der Waals surface area (Å²) in [6.07, 6.45) is 0.797. The van der Waals surface area contributed by atoms with Crippen LogP contribution < -0.4 is 5.32 Å². The summed E-state index contributed by atoms with van der Waals surface area (Å²) in [4.78, 5) is 28.5. The lowest BCUT2D eigenvalue weighted by Gasteiger charge is -2.35. The minimum atomic E-state index is -0.593. The zero-order valence-corrected chi connectivity index (χ0v) is 15.4. The highest BCUT2D eigenvalue weighted by Crippen LogP contribution is 2.12. The Morgan fingerprint density at radius 2 is 1.80 bits per heavy atom. The highest BCUT2D eigenvalue weighted by molar-refractivity contribution is 5.83. The summed E-state index contributed by atoms with van der Waals surface area (Å²) >= 11 is 0. The lowest BCUT2D eigenvalue weighted by molar-refractivity contribution is -0.144. The van der Waals surface area contributed by atoms with E-state index in [9.17, 15) is 9.59 Å². The van der Waals surface area contributed by atoms with Gasteiger partial charge in [-0.2, -0.15) is 0 Å². The number of methoxy groups -OCH3 is 1. The van der Waals surface area contributed by atoms with Crippen LogP contribution in [0.3, 0.4) is 0 Å². The molecule has 0 radical (unpaired) electrons. The molecule has 1 aromatic rings. The Kier molecular flexibility index (Phi) is 7.25. The van der Waals surface area contributed by atoms with Crippen LogP contribution in [0.4, 0.5) is 4.79 Å². The number of esters is 1. The zero-order chi connectivity index (χ0) is 18.2. The molecule has 2 amide bonds. The number of piperazine rings is 1. The van der Waals surface area contributed by atoms with Crippen molar-refractivity contribution in [2.24, 2.45) is 5.92 Å². The molecule has 25 heavy (non-hydrogen) atoms. The van der Waals surface area contributed by atoms with Gasteiger partial charge in [0.25, 0.3) is 0 Å². The van der Waals surface area contributed by atoms with Crippen molar-refractivity contribution in [1.82, 2.24) is 15.1 Å². The van der Waals surface area contributed by atoms with Crippen molar-refractivity contribution < 1.29 is 14.3 Å². The molecule has 0 unspecified atom stereocenters. The van der Waals surface area contributed by atoms with Gasteiger partial charge in [-0.25, -0.2) is 9.59 Å². The van der Waals surface area contributed by atoms with Crippen molar-refractivity contribution in [2.45, 2.75) is 32.9 Å². The monoisotopic (exact) mass is 347 g/mol. The van der Waals surface area contributed by atoms with Crippen LogP contribution in [0.15, 0.2) is 30.3 Å². The highest BCUT2D eigenvalue weighted by Gasteiger charge is 2.29. The highest BCUT2D eigenvalue weighted by atomic mass is 16.5. The van der Waals surface area contributed by atoms with E-state index in [1.807, 2.05) is 32.0 Å². The molecule has 6 nitrogen and oxygen atoms in total. The molecule has 1 fully saturated rings. The zero-order valence-electron chi connectivity index (χ0n) is 15.4. The quantitative estimate of drug-likeness (QED) is 0.801. The van der Waals surface area contributed by atoms with Crippen LogP contribution in [0.5, 0.6) is 0 Å². The number of rotatable bonds is 6. The standard InChI is InChI=1S/C19H29N3O3/c1-4-15(2)17(18(23)25-3)20-19(24)22-12-10-21(11-13-22)14-16-8-6-5-7-9-16/h5-9,15,17H,4,10-14H2,1-3H3,(H,20,24)/t15-,17+/m1/s1. The summed E-state index contributed by atoms with van der Waals surface area (Å²) in [5.74, 6) is -0.346. The first-order valence-electron chi connectivity index (χ1n) is 8.94. The molecule has 0 bridgehead atoms. The summed E-state index contributed by atoms with van der Waals surface area (Å²) < 4.78 is 4.83. The van der Waals surface area contributed by atoms with Crippen LogP contribution in [0, 0.1) is 5.92 Å². The fraction of sp³-hybridized carbons (Fsp3) is 0.579. The number of ether oxygens (including phenoxy) is 1. The molecule has 1 aromatic carbocycles. The van der Waals surface area contributed by atoms with E-state index >= 15 is 0 Å². The third-order valence-electron chi connectivity index (χ3n) is 4.86. The number of amides is 2. The maximum atomic E-state index is 12.5. The Morgan fingerprint density at radius 3 is 2.36 bits per heavy atom. The Balaban J connectivity index is 1.84. The van der Waals surface area contributed by atoms with E-state index in [1.54, 1.807) is 4.90 Å². The van der Waals surface area contributed by atoms with Crippen LogP contribution in [0.25, 0.3) is 0 Å². The fourth-order valence-electron chi connectivity index (χ4n) is 2.97. The van der Waals surface area contributed by atoms with Crippen LogP contribution in [-0.2, 0) is 16.1 Å². The first-order valence-corrected chi connectivity index (χ1v) is 8.94. The summed E-state index contributed by atoms with van der Waals surface area (Å²) in [5, 5.41) is 2.85. The number of urea groups is 1. The molecule has 1 heterocycles. The second kappa shape index (κ2) is 9.42. The van der Waals surface area contributed by atoms with Gasteiger partial charge in [0, 0.05) is 32.7 Å². The summed E-state index contributed by atoms with van der Waals surface area (Å²) in [7, 11) is 1.35. The van der Waals surface area contributed by atoms with Crippen molar-refractivity contribution in [3.05, 3.63) is 35.9 Å². The van der Waals surface area contributed by atoms with Crippen LogP contribution in [-0.4, -0.2) is 61.1 Å². The molecule has 0 spiro atoms. The fourth-order valence-corrected chi connectivity index (χ4v) is 2.97. The topological polar surface area (TPSA) is 61.9 Å². The van der Waals surface area contributed by atoms with Crippen molar-refractivity contribution in [3.8, 4) is 0 Å². The summed E-state index contributed by atoms with van der Waals surface area (Å²) in [5.41, 5.74) is 1.28. The second-order valence-corrected chi connectivity index (χ2v) is 6.58. The number of hydrogen-bond donors (Lipinski definition) is 1. The number of carbonyl (C=O) groups is 2. The first kappa shape index (κ1) is 19.2. The molecular weight excluding hydrogens is 318 g/mol. The number of hydrogen-bond acceptors (Lipinski definition) is 4. The van der Waals surface area contributed by atoms with E-state index in [0.717, 1.165) is 26.1 Å². The predicted octanol–water partition coefficient (Wildman–Crippen LogP) is 2.10. The molecular formula is C19H29N3O3. The Morgan fingerprint density at radius 1 is 1.16 bits per heavy atom. The summed E-state index contributed by atoms with van der Waals surface area (Å²) in [6.45, 7) is 7.81. The number of benzene rings is 1. The van der Waals surface area contributed by atoms with E-state index in [-0.39, 0.29) is 17.9 Å². The average molecular weight is 347 g/mol. The van der Waals surface area contributed by atoms with Gasteiger partial charge in [-0.1, -0.05) is 50.6 Å². The van der Waals surface area contributed by atoms with Gasteiger partial charge in [-0.05, 0) is 11.5 Å². The number of carbonyl (C=O) groups excluding carboxylic acids is 2. The predicted molar refractivity (Wildman–Crippen MR) is 97.1 cm³/mol. The molecule has 0 aliphatic carbocycles. The van der Waals surface area contributed by atoms with Gasteiger partial charge in [0.05, 0.1) is 7.11 Å². The van der Waals surface area contributed by atoms with Crippen molar-refractivity contribution in [2.75, 3.05) is 33.3 Å². The van der Waals surface area contributed by atoms with E-state index in [0.29, 0.717) is 13.1 Å². The van der Waals surface area contributed by atoms with Gasteiger partial charge >= 0.3 is 12.0 Å². The molecule has 0 saturated carbocycles. The van der Waals surface area contributed by atoms with Gasteiger partial charge in [-0.3, -0.25) is 4.90 Å². The molecule has 1 aliphatic heterocycles. The molecule has 6 heteroatoms. The third-order valence-corrected chi connectivity index (χ3v) is 4.86. The van der Waals surface area contributed by atoms with Crippen molar-refractivity contribution >= 4 is 12.0 Å². The SMILES string of the molecule is CC[C@@H](C)[C@H](NC(=O)N1CCN(Cc2ccccc2)CC1)C(=O)OC. The van der Waals surface area contributed by atoms with Gasteiger partial charge in [0.2, 0.25) is 0 Å². The Hall–Kier alpha value is -2.08. The molecule has 1 saturated heterocycles. The molecule has 1 aliphatic rings. The number of nitrogens with zero attached hydrogens (tertiary/aromatic N) is 2. The van der Waals surface area contributed by atoms with E-state index in [4.69, 9.17) is 4.74 Å². The lowest BCUT2D eigenvalue weighted by atomic mass is 9.99. The number of nitrogens with one attached hydrogen (secondary N) is 1. The summed E-state index contributed by atoms with van der Waals surface area (Å²) in [6, 6.07) is 9.56. The minimum absolute atomic E-state index is 0.0377. The molecule has 1 N–H and O–H groups in total. The molecule has 2 rings (SSSR count). The third kappa shape index (κ3) is 5.46. The Bertz CT molecular complexity index is 556. The van der Waals surface area contributed by atoms with Gasteiger partial charge in [-0.15, -0.1) is 0 Å². The smallest absolute Gasteiger partial charge is 0.328 e. The van der Waals surface area contributed by atoms with Crippen LogP contribution in [0.1, 0.15) is 25.8 Å². The normalized spacial score (nSPS) is 17.6. The largest absolute Gasteiger partial charge is 0.467 e. The van der Waals surface area contributed by atoms with Gasteiger partial charge < -0.3 is 15.0 Å². The molecule has 2 atom stereocenters. The average Bonchev–Trinajstić information content (AvgIpc) is 2.66. The van der Waals surface area contributed by atoms with Crippen LogP contribution in [0.2, 0.25) is 0 Å². The first-order chi connectivity index (χ1) is 12.0. The maximum absolute atomic E-state index is 12.5. The Labute approximate surface area is 150 Å². The van der Waals surface area contributed by atoms with E-state index in [1.165, 1.54) is 12.7 Å². The molecule has 138 valence electrons. The van der Waals surface area contributed by atoms with E-state index in [2.05, 4.69) is 22.3 Å². The van der Waals surface area contributed by atoms with Gasteiger partial charge in [0.15, 0.2) is 0 Å². The van der Waals surface area contributed by atoms with Crippen LogP contribution >= 0.6 is 0 Å². The van der Waals surface area contributed by atoms with Gasteiger partial charge in [0.1, 0.15) is 6.04 Å². The van der Waals surface area contributed by atoms with E-state index < -0.39 is 6.04 Å². The molecule has 0 aromatic heterocycles. The van der Waals surface area contributed by atoms with Crippen molar-refractivity contribution in [1.29, 1.82) is 0 Å². The van der Waals surface area contributed by atoms with Crippen molar-refractivity contribution in [3.63, 3.8) is 0 Å². The minimum Gasteiger partial charge on any atom is -0.467 e. The maximum Gasteiger partial charge on any atom is 0.328 e.